The number of aromatic amines is 1. The van der Waals surface area contributed by atoms with Crippen molar-refractivity contribution in [3.63, 3.8) is 0 Å². The van der Waals surface area contributed by atoms with Crippen LogP contribution in [0.2, 0.25) is 0 Å². The third kappa shape index (κ3) is 2.16. The number of H-pyrrole nitrogens is 1. The highest BCUT2D eigenvalue weighted by molar-refractivity contribution is 14.1. The summed E-state index contributed by atoms with van der Waals surface area (Å²) in [6.45, 7) is 1.87. The van der Waals surface area contributed by atoms with Gasteiger partial charge < -0.3 is 4.98 Å². The molecule has 3 aromatic rings. The molecule has 2 aromatic carbocycles. The lowest BCUT2D eigenvalue weighted by molar-refractivity contribution is 0.615. The van der Waals surface area contributed by atoms with Gasteiger partial charge in [0.2, 0.25) is 0 Å². The van der Waals surface area contributed by atoms with Crippen molar-refractivity contribution in [2.24, 2.45) is 0 Å². The van der Waals surface area contributed by atoms with Crippen molar-refractivity contribution in [1.29, 1.82) is 0 Å². The summed E-state index contributed by atoms with van der Waals surface area (Å²) < 4.78 is 30.2. The molecule has 0 atom stereocenters. The maximum absolute atomic E-state index is 14.0. The number of hydrogen-bond donors (Lipinski definition) is 1. The van der Waals surface area contributed by atoms with E-state index in [-0.39, 0.29) is 5.82 Å². The summed E-state index contributed by atoms with van der Waals surface area (Å²) in [4.78, 5) is 2.98. The number of fused-ring (bicyclic) bond motifs is 1. The van der Waals surface area contributed by atoms with Crippen LogP contribution in [0.3, 0.4) is 0 Å². The molecule has 0 spiro atoms. The molecule has 0 aliphatic rings. The van der Waals surface area contributed by atoms with Crippen LogP contribution in [0.25, 0.3) is 16.7 Å². The second-order valence-corrected chi connectivity index (χ2v) is 6.05. The van der Waals surface area contributed by atoms with Crippen LogP contribution in [-0.2, 0) is 0 Å². The number of aromatic nitrogens is 2. The van der Waals surface area contributed by atoms with E-state index in [0.29, 0.717) is 25.1 Å². The minimum absolute atomic E-state index is 0.321. The lowest BCUT2D eigenvalue weighted by Gasteiger charge is -2.07. The van der Waals surface area contributed by atoms with E-state index in [0.717, 1.165) is 5.56 Å². The second kappa shape index (κ2) is 4.92. The van der Waals surface area contributed by atoms with E-state index in [1.807, 2.05) is 29.5 Å². The topological polar surface area (TPSA) is 20.7 Å². The van der Waals surface area contributed by atoms with E-state index in [1.165, 1.54) is 16.7 Å². The Bertz CT molecular complexity index is 883. The number of aryl methyl sites for hydroxylation is 1. The van der Waals surface area contributed by atoms with Gasteiger partial charge in [0, 0.05) is 6.07 Å². The van der Waals surface area contributed by atoms with Crippen molar-refractivity contribution in [2.45, 2.75) is 6.92 Å². The highest BCUT2D eigenvalue weighted by Gasteiger charge is 2.13. The van der Waals surface area contributed by atoms with E-state index in [2.05, 4.69) is 4.98 Å². The van der Waals surface area contributed by atoms with E-state index in [9.17, 15) is 8.78 Å². The molecule has 20 heavy (non-hydrogen) atoms. The lowest BCUT2D eigenvalue weighted by Crippen LogP contribution is -1.99. The summed E-state index contributed by atoms with van der Waals surface area (Å²) in [7, 11) is 0. The predicted octanol–water partition coefficient (Wildman–Crippen LogP) is 4.88. The summed E-state index contributed by atoms with van der Waals surface area (Å²) in [6.07, 6.45) is 0. The molecule has 0 bridgehead atoms. The van der Waals surface area contributed by atoms with Gasteiger partial charge in [-0.1, -0.05) is 6.07 Å². The first-order chi connectivity index (χ1) is 9.47. The first kappa shape index (κ1) is 13.7. The van der Waals surface area contributed by atoms with Crippen LogP contribution < -0.4 is 0 Å². The molecule has 6 heteroatoms. The van der Waals surface area contributed by atoms with Gasteiger partial charge in [-0.25, -0.2) is 8.78 Å². The van der Waals surface area contributed by atoms with Crippen LogP contribution in [-0.4, -0.2) is 9.55 Å². The summed E-state index contributed by atoms with van der Waals surface area (Å²) in [5.41, 5.74) is 2.43. The minimum atomic E-state index is -0.397. The Balaban J connectivity index is 2.42. The number of imidazole rings is 1. The first-order valence-electron chi connectivity index (χ1n) is 5.83. The lowest BCUT2D eigenvalue weighted by atomic mass is 10.2. The summed E-state index contributed by atoms with van der Waals surface area (Å²) in [6, 6.07) is 7.78. The van der Waals surface area contributed by atoms with Gasteiger partial charge in [-0.15, -0.1) is 0 Å². The Kier molecular flexibility index (Phi) is 3.37. The van der Waals surface area contributed by atoms with Gasteiger partial charge in [-0.3, -0.25) is 4.57 Å². The number of nitrogens with one attached hydrogen (secondary N) is 1. The molecule has 2 nitrogen and oxygen atoms in total. The van der Waals surface area contributed by atoms with Gasteiger partial charge in [0.15, 0.2) is 4.77 Å². The molecule has 0 aliphatic heterocycles. The summed E-state index contributed by atoms with van der Waals surface area (Å²) in [5, 5.41) is 0. The maximum atomic E-state index is 14.0. The highest BCUT2D eigenvalue weighted by atomic mass is 127. The number of benzene rings is 2. The zero-order valence-electron chi connectivity index (χ0n) is 10.4. The monoisotopic (exact) mass is 402 g/mol. The Morgan fingerprint density at radius 3 is 2.65 bits per heavy atom. The van der Waals surface area contributed by atoms with Crippen LogP contribution in [0.5, 0.6) is 0 Å². The molecule has 0 aliphatic carbocycles. The smallest absolute Gasteiger partial charge is 0.182 e. The zero-order chi connectivity index (χ0) is 14.4. The van der Waals surface area contributed by atoms with Crippen molar-refractivity contribution in [3.8, 4) is 5.69 Å². The Hall–Kier alpha value is -1.28. The molecule has 0 unspecified atom stereocenters. The minimum Gasteiger partial charge on any atom is -0.330 e. The molecule has 0 radical (unpaired) electrons. The molecule has 1 heterocycles. The van der Waals surface area contributed by atoms with Crippen molar-refractivity contribution in [3.05, 3.63) is 55.9 Å². The van der Waals surface area contributed by atoms with Crippen LogP contribution in [0.15, 0.2) is 30.3 Å². The van der Waals surface area contributed by atoms with Crippen LogP contribution in [0.4, 0.5) is 8.78 Å². The van der Waals surface area contributed by atoms with E-state index in [4.69, 9.17) is 12.2 Å². The number of halogens is 3. The average molecular weight is 402 g/mol. The predicted molar refractivity (Wildman–Crippen MR) is 85.8 cm³/mol. The van der Waals surface area contributed by atoms with Crippen molar-refractivity contribution in [2.75, 3.05) is 0 Å². The van der Waals surface area contributed by atoms with E-state index < -0.39 is 5.82 Å². The third-order valence-corrected chi connectivity index (χ3v) is 4.18. The standard InChI is InChI=1S/C14H9F2IN2S/c1-7-2-3-8(15)12(4-7)19-13-5-9(16)10(17)6-11(13)18-14(19)20/h2-6H,1H3,(H,18,20). The molecular formula is C14H9F2IN2S. The molecule has 102 valence electrons. The molecule has 1 aromatic heterocycles. The Morgan fingerprint density at radius 1 is 1.15 bits per heavy atom. The fourth-order valence-corrected chi connectivity index (χ4v) is 2.91. The SMILES string of the molecule is Cc1ccc(F)c(-n2c(=S)[nH]c3cc(I)c(F)cc32)c1. The van der Waals surface area contributed by atoms with Crippen LogP contribution in [0, 0.1) is 26.9 Å². The Morgan fingerprint density at radius 2 is 1.90 bits per heavy atom. The fraction of sp³-hybridized carbons (Fsp3) is 0.0714. The summed E-state index contributed by atoms with van der Waals surface area (Å²) in [5.74, 6) is -0.750. The highest BCUT2D eigenvalue weighted by Crippen LogP contribution is 2.25. The van der Waals surface area contributed by atoms with Crippen LogP contribution >= 0.6 is 34.8 Å². The van der Waals surface area contributed by atoms with E-state index in [1.54, 1.807) is 18.2 Å². The van der Waals surface area contributed by atoms with Gasteiger partial charge in [-0.2, -0.15) is 0 Å². The largest absolute Gasteiger partial charge is 0.330 e. The van der Waals surface area contributed by atoms with Gasteiger partial charge in [0.1, 0.15) is 11.6 Å². The zero-order valence-corrected chi connectivity index (χ0v) is 13.4. The normalized spacial score (nSPS) is 11.2. The first-order valence-corrected chi connectivity index (χ1v) is 7.32. The molecule has 3 rings (SSSR count). The summed E-state index contributed by atoms with van der Waals surface area (Å²) >= 11 is 7.15. The number of hydrogen-bond acceptors (Lipinski definition) is 1. The molecular weight excluding hydrogens is 393 g/mol. The van der Waals surface area contributed by atoms with Crippen molar-refractivity contribution in [1.82, 2.24) is 9.55 Å². The number of rotatable bonds is 1. The van der Waals surface area contributed by atoms with E-state index >= 15 is 0 Å². The van der Waals surface area contributed by atoms with Crippen molar-refractivity contribution >= 4 is 45.8 Å². The van der Waals surface area contributed by atoms with Crippen LogP contribution in [0.1, 0.15) is 5.56 Å². The molecule has 0 saturated heterocycles. The van der Waals surface area contributed by atoms with Crippen molar-refractivity contribution < 1.29 is 8.78 Å². The number of nitrogens with zero attached hydrogens (tertiary/aromatic N) is 1. The second-order valence-electron chi connectivity index (χ2n) is 4.50. The van der Waals surface area contributed by atoms with Gasteiger partial charge in [0.25, 0.3) is 0 Å². The third-order valence-electron chi connectivity index (χ3n) is 3.07. The van der Waals surface area contributed by atoms with Gasteiger partial charge >= 0.3 is 0 Å². The fourth-order valence-electron chi connectivity index (χ4n) is 2.14. The molecule has 1 N–H and O–H groups in total. The van der Waals surface area contributed by atoms with Gasteiger partial charge in [0.05, 0.1) is 20.3 Å². The average Bonchev–Trinajstić information content (AvgIpc) is 2.69. The Labute approximate surface area is 132 Å². The van der Waals surface area contributed by atoms with Gasteiger partial charge in [-0.05, 0) is 65.5 Å². The molecule has 0 fully saturated rings. The molecule has 0 amide bonds. The maximum Gasteiger partial charge on any atom is 0.182 e. The quantitative estimate of drug-likeness (QED) is 0.455. The molecule has 0 saturated carbocycles.